The van der Waals surface area contributed by atoms with Crippen molar-refractivity contribution >= 4 is 46.7 Å². The molecule has 8 rings (SSSR count). The zero-order chi connectivity index (χ0) is 37.8. The predicted octanol–water partition coefficient (Wildman–Crippen LogP) is 5.77. The van der Waals surface area contributed by atoms with Crippen LogP contribution in [0.15, 0.2) is 48.8 Å². The van der Waals surface area contributed by atoms with E-state index in [2.05, 4.69) is 20.4 Å². The van der Waals surface area contributed by atoms with Gasteiger partial charge in [-0.3, -0.25) is 29.4 Å². The predicted molar refractivity (Wildman–Crippen MR) is 212 cm³/mol. The van der Waals surface area contributed by atoms with Crippen LogP contribution in [-0.4, -0.2) is 117 Å². The zero-order valence-electron chi connectivity index (χ0n) is 31.3. The van der Waals surface area contributed by atoms with Gasteiger partial charge in [0, 0.05) is 125 Å². The average Bonchev–Trinajstić information content (AvgIpc) is 3.07. The maximum atomic E-state index is 11.7. The van der Waals surface area contributed by atoms with E-state index >= 15 is 0 Å². The molecule has 6 heterocycles. The maximum Gasteiger partial charge on any atom is 0.219 e. The molecule has 4 fully saturated rings. The number of hydrogen-bond acceptors (Lipinski definition) is 10. The van der Waals surface area contributed by atoms with Crippen molar-refractivity contribution in [2.45, 2.75) is 40.8 Å². The average molecular weight is 770 g/mol. The highest BCUT2D eigenvalue weighted by Crippen LogP contribution is 2.44. The molecule has 2 spiro atoms. The second-order valence-electron chi connectivity index (χ2n) is 15.5. The van der Waals surface area contributed by atoms with Gasteiger partial charge in [-0.05, 0) is 13.8 Å². The third-order valence-corrected chi connectivity index (χ3v) is 12.0. The second kappa shape index (κ2) is 14.4. The van der Waals surface area contributed by atoms with Gasteiger partial charge in [0.2, 0.25) is 11.8 Å². The standard InChI is InChI=1S/C40H46Cl2N10O2/c1-5-43-37-33(15-49-17-39(18-49)21-51(22-39)25(3)53)45-13-31(47-37)29-11-7-9-27(35(29)41)28-10-8-12-30(36(28)42)32-14-46-34(38(48-32)44-6-2)16-50-19-40(20-50)23-52(24-40)26(4)54/h7-14H,5-6,15-24H2,1-4H3,(H,43,47)(H,44,48). The molecular weight excluding hydrogens is 723 g/mol. The summed E-state index contributed by atoms with van der Waals surface area (Å²) < 4.78 is 0. The largest absolute Gasteiger partial charge is 0.369 e. The van der Waals surface area contributed by atoms with Crippen molar-refractivity contribution in [3.05, 3.63) is 70.2 Å². The van der Waals surface area contributed by atoms with Gasteiger partial charge in [0.15, 0.2) is 0 Å². The van der Waals surface area contributed by atoms with Gasteiger partial charge in [-0.15, -0.1) is 0 Å². The summed E-state index contributed by atoms with van der Waals surface area (Å²) in [4.78, 5) is 51.7. The first-order chi connectivity index (χ1) is 26.0. The van der Waals surface area contributed by atoms with Crippen molar-refractivity contribution in [1.82, 2.24) is 39.5 Å². The zero-order valence-corrected chi connectivity index (χ0v) is 32.8. The molecular formula is C40H46Cl2N10O2. The lowest BCUT2D eigenvalue weighted by Gasteiger charge is -2.60. The summed E-state index contributed by atoms with van der Waals surface area (Å²) in [6, 6.07) is 11.8. The minimum absolute atomic E-state index is 0.149. The minimum Gasteiger partial charge on any atom is -0.369 e. The molecule has 2 aromatic carbocycles. The molecule has 4 saturated heterocycles. The van der Waals surface area contributed by atoms with Crippen LogP contribution in [0.25, 0.3) is 33.6 Å². The van der Waals surface area contributed by atoms with Gasteiger partial charge < -0.3 is 20.4 Å². The third-order valence-electron chi connectivity index (χ3n) is 11.2. The molecule has 0 radical (unpaired) electrons. The summed E-state index contributed by atoms with van der Waals surface area (Å²) >= 11 is 14.4. The van der Waals surface area contributed by atoms with Crippen LogP contribution in [0.5, 0.6) is 0 Å². The number of benzene rings is 2. The van der Waals surface area contributed by atoms with E-state index in [9.17, 15) is 9.59 Å². The summed E-state index contributed by atoms with van der Waals surface area (Å²) in [5.74, 6) is 1.78. The molecule has 14 heteroatoms. The van der Waals surface area contributed by atoms with Gasteiger partial charge in [0.1, 0.15) is 11.6 Å². The van der Waals surface area contributed by atoms with Crippen molar-refractivity contribution in [1.29, 1.82) is 0 Å². The van der Waals surface area contributed by atoms with Crippen LogP contribution in [0.2, 0.25) is 10.0 Å². The molecule has 0 atom stereocenters. The van der Waals surface area contributed by atoms with E-state index in [1.807, 2.05) is 60.0 Å². The molecule has 0 saturated carbocycles. The molecule has 4 aliphatic rings. The molecule has 4 aliphatic heterocycles. The summed E-state index contributed by atoms with van der Waals surface area (Å²) in [5.41, 5.74) is 6.66. The van der Waals surface area contributed by atoms with E-state index in [-0.39, 0.29) is 22.6 Å². The number of carbonyl (C=O) groups excluding carboxylic acids is 2. The maximum absolute atomic E-state index is 11.7. The first kappa shape index (κ1) is 36.6. The molecule has 12 nitrogen and oxygen atoms in total. The Morgan fingerprint density at radius 1 is 0.630 bits per heavy atom. The highest BCUT2D eigenvalue weighted by atomic mass is 35.5. The van der Waals surface area contributed by atoms with Gasteiger partial charge in [0.05, 0.1) is 45.2 Å². The first-order valence-electron chi connectivity index (χ1n) is 18.7. The normalized spacial score (nSPS) is 18.5. The van der Waals surface area contributed by atoms with Crippen molar-refractivity contribution in [2.75, 3.05) is 76.1 Å². The SMILES string of the molecule is CCNc1nc(-c2cccc(-c3cccc(-c4cnc(CN5CC6(C5)CN(C(C)=O)C6)c(NCC)n4)c3Cl)c2Cl)cnc1CN1CC2(C1)CN(C(C)=O)C2. The van der Waals surface area contributed by atoms with Crippen LogP contribution < -0.4 is 10.6 Å². The number of rotatable bonds is 11. The number of hydrogen-bond donors (Lipinski definition) is 2. The van der Waals surface area contributed by atoms with Crippen LogP contribution in [0.3, 0.4) is 0 Å². The Kier molecular flexibility index (Phi) is 9.74. The molecule has 0 aliphatic carbocycles. The highest BCUT2D eigenvalue weighted by molar-refractivity contribution is 6.39. The number of nitrogens with one attached hydrogen (secondary N) is 2. The quantitative estimate of drug-likeness (QED) is 0.195. The lowest BCUT2D eigenvalue weighted by atomic mass is 9.72. The fourth-order valence-corrected chi connectivity index (χ4v) is 9.29. The van der Waals surface area contributed by atoms with Gasteiger partial charge in [0.25, 0.3) is 0 Å². The summed E-state index contributed by atoms with van der Waals surface area (Å²) in [6.07, 6.45) is 3.59. The van der Waals surface area contributed by atoms with Gasteiger partial charge in [-0.2, -0.15) is 0 Å². The van der Waals surface area contributed by atoms with Crippen LogP contribution in [0.4, 0.5) is 11.6 Å². The number of carbonyl (C=O) groups is 2. The van der Waals surface area contributed by atoms with Gasteiger partial charge in [-0.1, -0.05) is 59.6 Å². The van der Waals surface area contributed by atoms with Gasteiger partial charge >= 0.3 is 0 Å². The van der Waals surface area contributed by atoms with Crippen molar-refractivity contribution in [2.24, 2.45) is 10.8 Å². The van der Waals surface area contributed by atoms with Crippen LogP contribution in [0.1, 0.15) is 39.1 Å². The Morgan fingerprint density at radius 3 is 1.35 bits per heavy atom. The second-order valence-corrected chi connectivity index (χ2v) is 16.3. The number of anilines is 2. The van der Waals surface area contributed by atoms with E-state index in [0.29, 0.717) is 47.6 Å². The number of aromatic nitrogens is 4. The Labute approximate surface area is 326 Å². The van der Waals surface area contributed by atoms with Gasteiger partial charge in [-0.25, -0.2) is 9.97 Å². The molecule has 0 unspecified atom stereocenters. The number of likely N-dealkylation sites (tertiary alicyclic amines) is 4. The Bertz CT molecular complexity index is 1950. The van der Waals surface area contributed by atoms with Crippen molar-refractivity contribution < 1.29 is 9.59 Å². The molecule has 54 heavy (non-hydrogen) atoms. The highest BCUT2D eigenvalue weighted by Gasteiger charge is 2.53. The van der Waals surface area contributed by atoms with Crippen LogP contribution in [0, 0.1) is 10.8 Å². The fraction of sp³-hybridized carbons (Fsp3) is 0.450. The summed E-state index contributed by atoms with van der Waals surface area (Å²) in [7, 11) is 0. The lowest BCUT2D eigenvalue weighted by Crippen LogP contribution is -2.72. The van der Waals surface area contributed by atoms with E-state index in [4.69, 9.17) is 43.1 Å². The van der Waals surface area contributed by atoms with E-state index in [1.54, 1.807) is 26.2 Å². The number of halogens is 2. The minimum atomic E-state index is 0.149. The third kappa shape index (κ3) is 6.78. The number of nitrogens with zero attached hydrogens (tertiary/aromatic N) is 8. The van der Waals surface area contributed by atoms with Crippen LogP contribution in [-0.2, 0) is 22.7 Å². The van der Waals surface area contributed by atoms with Crippen molar-refractivity contribution in [3.8, 4) is 33.6 Å². The molecule has 2 aromatic heterocycles. The van der Waals surface area contributed by atoms with Crippen LogP contribution >= 0.6 is 23.2 Å². The Hall–Kier alpha value is -4.36. The van der Waals surface area contributed by atoms with Crippen molar-refractivity contribution in [3.63, 3.8) is 0 Å². The summed E-state index contributed by atoms with van der Waals surface area (Å²) in [5, 5.41) is 7.88. The Balaban J connectivity index is 0.999. The smallest absolute Gasteiger partial charge is 0.219 e. The number of amides is 2. The monoisotopic (exact) mass is 768 g/mol. The molecule has 0 bridgehead atoms. The fourth-order valence-electron chi connectivity index (χ4n) is 8.64. The first-order valence-corrected chi connectivity index (χ1v) is 19.5. The summed E-state index contributed by atoms with van der Waals surface area (Å²) in [6.45, 7) is 17.3. The lowest BCUT2D eigenvalue weighted by molar-refractivity contribution is -0.158. The molecule has 282 valence electrons. The molecule has 2 N–H and O–H groups in total. The van der Waals surface area contributed by atoms with E-state index in [0.717, 1.165) is 97.6 Å². The molecule has 2 amide bonds. The molecule has 4 aromatic rings. The Morgan fingerprint density at radius 2 is 1.00 bits per heavy atom. The van der Waals surface area contributed by atoms with E-state index in [1.165, 1.54) is 0 Å². The topological polar surface area (TPSA) is 123 Å². The van der Waals surface area contributed by atoms with E-state index < -0.39 is 0 Å².